The molecule has 0 aliphatic carbocycles. The quantitative estimate of drug-likeness (QED) is 0.516. The van der Waals surface area contributed by atoms with Crippen molar-refractivity contribution in [1.82, 2.24) is 14.6 Å². The van der Waals surface area contributed by atoms with Gasteiger partial charge in [-0.15, -0.1) is 0 Å². The number of aromatic amines is 2. The fraction of sp³-hybridized carbons (Fsp3) is 0. The molecule has 2 aromatic heterocycles. The van der Waals surface area contributed by atoms with E-state index in [-0.39, 0.29) is 11.1 Å². The number of nitrogens with two attached hydrogens (primary N) is 1. The first-order chi connectivity index (χ1) is 11.6. The minimum Gasteiger partial charge on any atom is -0.366 e. The number of aromatic nitrogens is 3. The van der Waals surface area contributed by atoms with Gasteiger partial charge in [0.05, 0.1) is 5.52 Å². The summed E-state index contributed by atoms with van der Waals surface area (Å²) in [7, 11) is 0. The van der Waals surface area contributed by atoms with Gasteiger partial charge in [-0.3, -0.25) is 14.7 Å². The van der Waals surface area contributed by atoms with Gasteiger partial charge in [-0.1, -0.05) is 24.3 Å². The van der Waals surface area contributed by atoms with Crippen LogP contribution in [0, 0.1) is 0 Å². The largest absolute Gasteiger partial charge is 0.366 e. The molecule has 4 N–H and O–H groups in total. The fourth-order valence-corrected chi connectivity index (χ4v) is 2.92. The molecule has 2 heterocycles. The molecular formula is C17H12N4O3. The van der Waals surface area contributed by atoms with E-state index in [0.717, 1.165) is 0 Å². The van der Waals surface area contributed by atoms with Gasteiger partial charge in [0.15, 0.2) is 5.43 Å². The molecule has 0 aliphatic heterocycles. The number of rotatable bonds is 2. The summed E-state index contributed by atoms with van der Waals surface area (Å²) in [5, 5.41) is 5.53. The summed E-state index contributed by atoms with van der Waals surface area (Å²) in [4.78, 5) is 35.9. The predicted molar refractivity (Wildman–Crippen MR) is 90.1 cm³/mol. The summed E-state index contributed by atoms with van der Waals surface area (Å²) >= 11 is 0. The number of benzene rings is 2. The summed E-state index contributed by atoms with van der Waals surface area (Å²) < 4.78 is 1.38. The molecule has 0 saturated carbocycles. The molecule has 4 aromatic rings. The van der Waals surface area contributed by atoms with Crippen molar-refractivity contribution in [2.75, 3.05) is 0 Å². The van der Waals surface area contributed by atoms with Crippen LogP contribution in [0.3, 0.4) is 0 Å². The van der Waals surface area contributed by atoms with Crippen LogP contribution in [0.5, 0.6) is 0 Å². The van der Waals surface area contributed by atoms with Gasteiger partial charge in [-0.2, -0.15) is 0 Å². The molecule has 7 heteroatoms. The number of H-pyrrole nitrogens is 2. The normalized spacial score (nSPS) is 11.2. The van der Waals surface area contributed by atoms with Crippen molar-refractivity contribution >= 4 is 22.5 Å². The standard InChI is InChI=1S/C17H12N4O3/c18-16(23)11-4-2-1-3-10(11)9-5-6-12-13(7-9)21-15(8-14(12)22)19-20-17(21)24/h1-8,19H,(H2,18,23)(H,20,24). The van der Waals surface area contributed by atoms with Crippen LogP contribution in [0.15, 0.2) is 58.1 Å². The van der Waals surface area contributed by atoms with Crippen LogP contribution in [-0.4, -0.2) is 20.5 Å². The van der Waals surface area contributed by atoms with E-state index < -0.39 is 5.91 Å². The Bertz CT molecular complexity index is 1230. The number of pyridine rings is 1. The Hall–Kier alpha value is -3.61. The average molecular weight is 320 g/mol. The SMILES string of the molecule is NC(=O)c1ccccc1-c1ccc2c(=O)cc3[nH][nH]c(=O)n3c2c1. The van der Waals surface area contributed by atoms with E-state index in [1.807, 2.05) is 0 Å². The molecule has 0 saturated heterocycles. The third kappa shape index (κ3) is 1.95. The number of hydrogen-bond donors (Lipinski definition) is 3. The topological polar surface area (TPSA) is 113 Å². The number of primary amides is 1. The highest BCUT2D eigenvalue weighted by Gasteiger charge is 2.13. The lowest BCUT2D eigenvalue weighted by Gasteiger charge is -2.08. The summed E-state index contributed by atoms with van der Waals surface area (Å²) in [5.74, 6) is -0.541. The highest BCUT2D eigenvalue weighted by molar-refractivity contribution is 6.00. The zero-order chi connectivity index (χ0) is 16.8. The monoisotopic (exact) mass is 320 g/mol. The number of nitrogens with one attached hydrogen (secondary N) is 2. The van der Waals surface area contributed by atoms with Gasteiger partial charge in [0, 0.05) is 17.0 Å². The minimum atomic E-state index is -0.541. The Kier molecular flexibility index (Phi) is 2.89. The zero-order valence-corrected chi connectivity index (χ0v) is 12.4. The maximum Gasteiger partial charge on any atom is 0.346 e. The Morgan fingerprint density at radius 3 is 2.58 bits per heavy atom. The predicted octanol–water partition coefficient (Wildman–Crippen LogP) is 1.23. The van der Waals surface area contributed by atoms with E-state index in [9.17, 15) is 14.4 Å². The van der Waals surface area contributed by atoms with Crippen LogP contribution in [0.2, 0.25) is 0 Å². The number of carbonyl (C=O) groups is 1. The lowest BCUT2D eigenvalue weighted by atomic mass is 9.98. The van der Waals surface area contributed by atoms with Crippen LogP contribution >= 0.6 is 0 Å². The molecule has 0 atom stereocenters. The number of carbonyl (C=O) groups excluding carboxylic acids is 1. The molecule has 0 spiro atoms. The van der Waals surface area contributed by atoms with Gasteiger partial charge < -0.3 is 5.73 Å². The van der Waals surface area contributed by atoms with Gasteiger partial charge in [0.2, 0.25) is 5.91 Å². The van der Waals surface area contributed by atoms with Crippen molar-refractivity contribution in [2.45, 2.75) is 0 Å². The highest BCUT2D eigenvalue weighted by Crippen LogP contribution is 2.26. The molecular weight excluding hydrogens is 308 g/mol. The highest BCUT2D eigenvalue weighted by atomic mass is 16.2. The van der Waals surface area contributed by atoms with Gasteiger partial charge in [-0.05, 0) is 29.3 Å². The third-order valence-electron chi connectivity index (χ3n) is 4.02. The van der Waals surface area contributed by atoms with E-state index >= 15 is 0 Å². The first kappa shape index (κ1) is 14.0. The van der Waals surface area contributed by atoms with E-state index in [1.54, 1.807) is 42.5 Å². The fourth-order valence-electron chi connectivity index (χ4n) is 2.92. The molecule has 0 aliphatic rings. The lowest BCUT2D eigenvalue weighted by Crippen LogP contribution is -2.14. The number of amides is 1. The minimum absolute atomic E-state index is 0.199. The zero-order valence-electron chi connectivity index (χ0n) is 12.4. The molecule has 0 bridgehead atoms. The second-order valence-electron chi connectivity index (χ2n) is 5.43. The van der Waals surface area contributed by atoms with Crippen molar-refractivity contribution in [3.8, 4) is 11.1 Å². The molecule has 0 unspecified atom stereocenters. The smallest absolute Gasteiger partial charge is 0.346 e. The Morgan fingerprint density at radius 2 is 1.79 bits per heavy atom. The Balaban J connectivity index is 2.12. The average Bonchev–Trinajstić information content (AvgIpc) is 2.95. The number of fused-ring (bicyclic) bond motifs is 3. The molecule has 118 valence electrons. The molecule has 2 aromatic carbocycles. The molecule has 0 radical (unpaired) electrons. The van der Waals surface area contributed by atoms with Crippen molar-refractivity contribution in [3.05, 3.63) is 74.8 Å². The molecule has 0 fully saturated rings. The van der Waals surface area contributed by atoms with Crippen molar-refractivity contribution in [2.24, 2.45) is 5.73 Å². The number of hydrogen-bond acceptors (Lipinski definition) is 3. The Labute approximate surface area is 134 Å². The maximum atomic E-state index is 12.2. The van der Waals surface area contributed by atoms with Gasteiger partial charge in [0.1, 0.15) is 5.65 Å². The van der Waals surface area contributed by atoms with Crippen LogP contribution in [-0.2, 0) is 0 Å². The molecule has 1 amide bonds. The van der Waals surface area contributed by atoms with Crippen LogP contribution in [0.25, 0.3) is 27.7 Å². The lowest BCUT2D eigenvalue weighted by molar-refractivity contribution is 0.100. The maximum absolute atomic E-state index is 12.2. The van der Waals surface area contributed by atoms with E-state index in [2.05, 4.69) is 10.2 Å². The van der Waals surface area contributed by atoms with Gasteiger partial charge in [0.25, 0.3) is 0 Å². The molecule has 7 nitrogen and oxygen atoms in total. The van der Waals surface area contributed by atoms with Crippen LogP contribution < -0.4 is 16.9 Å². The third-order valence-corrected chi connectivity index (χ3v) is 4.02. The molecule has 4 rings (SSSR count). The molecule has 24 heavy (non-hydrogen) atoms. The summed E-state index contributed by atoms with van der Waals surface area (Å²) in [5.41, 5.74) is 7.39. The first-order valence-corrected chi connectivity index (χ1v) is 7.21. The van der Waals surface area contributed by atoms with Crippen LogP contribution in [0.4, 0.5) is 0 Å². The number of nitrogens with zero attached hydrogens (tertiary/aromatic N) is 1. The first-order valence-electron chi connectivity index (χ1n) is 7.21. The van der Waals surface area contributed by atoms with Gasteiger partial charge >= 0.3 is 5.69 Å². The van der Waals surface area contributed by atoms with Crippen molar-refractivity contribution in [3.63, 3.8) is 0 Å². The van der Waals surface area contributed by atoms with Crippen LogP contribution in [0.1, 0.15) is 10.4 Å². The van der Waals surface area contributed by atoms with Crippen molar-refractivity contribution < 1.29 is 4.79 Å². The second-order valence-corrected chi connectivity index (χ2v) is 5.43. The second kappa shape index (κ2) is 4.95. The van der Waals surface area contributed by atoms with Crippen molar-refractivity contribution in [1.29, 1.82) is 0 Å². The summed E-state index contributed by atoms with van der Waals surface area (Å²) in [6, 6.07) is 13.4. The summed E-state index contributed by atoms with van der Waals surface area (Å²) in [6.07, 6.45) is 0. The van der Waals surface area contributed by atoms with E-state index in [4.69, 9.17) is 5.73 Å². The Morgan fingerprint density at radius 1 is 1.00 bits per heavy atom. The summed E-state index contributed by atoms with van der Waals surface area (Å²) in [6.45, 7) is 0. The van der Waals surface area contributed by atoms with E-state index in [0.29, 0.717) is 33.2 Å². The van der Waals surface area contributed by atoms with E-state index in [1.165, 1.54) is 10.5 Å². The van der Waals surface area contributed by atoms with Gasteiger partial charge in [-0.25, -0.2) is 14.3 Å².